The van der Waals surface area contributed by atoms with E-state index < -0.39 is 0 Å². The van der Waals surface area contributed by atoms with E-state index in [1.165, 1.54) is 0 Å². The predicted molar refractivity (Wildman–Crippen MR) is 110 cm³/mol. The van der Waals surface area contributed by atoms with Crippen LogP contribution in [0.4, 0.5) is 0 Å². The topological polar surface area (TPSA) is 76.5 Å². The summed E-state index contributed by atoms with van der Waals surface area (Å²) in [4.78, 5) is 32.2. The van der Waals surface area contributed by atoms with Crippen molar-refractivity contribution in [3.05, 3.63) is 30.1 Å². The van der Waals surface area contributed by atoms with E-state index in [0.717, 1.165) is 49.8 Å². The lowest BCUT2D eigenvalue weighted by atomic mass is 9.99. The smallest absolute Gasteiger partial charge is 0.249 e. The van der Waals surface area contributed by atoms with Gasteiger partial charge in [0.2, 0.25) is 11.8 Å². The first-order valence-corrected chi connectivity index (χ1v) is 10.7. The predicted octanol–water partition coefficient (Wildman–Crippen LogP) is 2.65. The van der Waals surface area contributed by atoms with Gasteiger partial charge in [0.05, 0.1) is 17.1 Å². The summed E-state index contributed by atoms with van der Waals surface area (Å²) in [6.45, 7) is 6.65. The maximum atomic E-state index is 13.0. The van der Waals surface area contributed by atoms with E-state index in [1.807, 2.05) is 40.7 Å². The first kappa shape index (κ1) is 19.9. The number of hydrogen-bond acceptors (Lipinski definition) is 4. The highest BCUT2D eigenvalue weighted by molar-refractivity contribution is 5.83. The molecular weight excluding hydrogens is 368 g/mol. The molecule has 0 aliphatic carbocycles. The molecule has 2 aliphatic heterocycles. The Kier molecular flexibility index (Phi) is 5.85. The highest BCUT2D eigenvalue weighted by atomic mass is 16.5. The van der Waals surface area contributed by atoms with Crippen LogP contribution < -0.4 is 5.32 Å². The standard InChI is InChI=1S/C22H30N4O3/c1-15-9-11-25(12-10-15)20(27)14-26-18-7-4-3-6-17(18)24-21(26)16(2)23-22(28)19-8-5-13-29-19/h3-4,6-7,15-16,19H,5,8-14H2,1-2H3,(H,23,28). The van der Waals surface area contributed by atoms with Crippen molar-refractivity contribution in [2.45, 2.75) is 58.2 Å². The Morgan fingerprint density at radius 3 is 2.72 bits per heavy atom. The zero-order chi connectivity index (χ0) is 20.4. The molecule has 2 aliphatic rings. The number of rotatable bonds is 5. The van der Waals surface area contributed by atoms with Crippen molar-refractivity contribution in [2.24, 2.45) is 5.92 Å². The third-order valence-electron chi connectivity index (χ3n) is 6.08. The molecule has 1 aromatic heterocycles. The van der Waals surface area contributed by atoms with E-state index >= 15 is 0 Å². The lowest BCUT2D eigenvalue weighted by molar-refractivity contribution is -0.133. The number of ether oxygens (including phenoxy) is 1. The molecule has 7 nitrogen and oxygen atoms in total. The van der Waals surface area contributed by atoms with Gasteiger partial charge in [0.15, 0.2) is 0 Å². The zero-order valence-electron chi connectivity index (χ0n) is 17.3. The van der Waals surface area contributed by atoms with E-state index in [-0.39, 0.29) is 30.5 Å². The number of para-hydroxylation sites is 2. The van der Waals surface area contributed by atoms with Gasteiger partial charge in [-0.15, -0.1) is 0 Å². The summed E-state index contributed by atoms with van der Waals surface area (Å²) in [7, 11) is 0. The third-order valence-corrected chi connectivity index (χ3v) is 6.08. The van der Waals surface area contributed by atoms with Crippen molar-refractivity contribution in [2.75, 3.05) is 19.7 Å². The first-order valence-electron chi connectivity index (χ1n) is 10.7. The van der Waals surface area contributed by atoms with Gasteiger partial charge in [-0.25, -0.2) is 4.98 Å². The van der Waals surface area contributed by atoms with Gasteiger partial charge >= 0.3 is 0 Å². The number of nitrogens with one attached hydrogen (secondary N) is 1. The Bertz CT molecular complexity index is 879. The number of fused-ring (bicyclic) bond motifs is 1. The second kappa shape index (κ2) is 8.53. The largest absolute Gasteiger partial charge is 0.368 e. The van der Waals surface area contributed by atoms with E-state index in [0.29, 0.717) is 18.3 Å². The van der Waals surface area contributed by atoms with Crippen LogP contribution in [-0.4, -0.2) is 52.1 Å². The van der Waals surface area contributed by atoms with E-state index in [1.54, 1.807) is 0 Å². The molecule has 2 amide bonds. The molecule has 0 saturated carbocycles. The van der Waals surface area contributed by atoms with Crippen molar-refractivity contribution in [1.82, 2.24) is 19.8 Å². The third kappa shape index (κ3) is 4.29. The van der Waals surface area contributed by atoms with Gasteiger partial charge in [-0.05, 0) is 50.7 Å². The van der Waals surface area contributed by atoms with Gasteiger partial charge in [-0.1, -0.05) is 19.1 Å². The van der Waals surface area contributed by atoms with Crippen LogP contribution in [0, 0.1) is 5.92 Å². The number of carbonyl (C=O) groups is 2. The van der Waals surface area contributed by atoms with Crippen LogP contribution in [-0.2, 0) is 20.9 Å². The summed E-state index contributed by atoms with van der Waals surface area (Å²) >= 11 is 0. The molecular formula is C22H30N4O3. The van der Waals surface area contributed by atoms with Crippen molar-refractivity contribution in [1.29, 1.82) is 0 Å². The Morgan fingerprint density at radius 1 is 1.24 bits per heavy atom. The minimum atomic E-state index is -0.382. The molecule has 29 heavy (non-hydrogen) atoms. The molecule has 1 N–H and O–H groups in total. The summed E-state index contributed by atoms with van der Waals surface area (Å²) in [5, 5.41) is 3.03. The second-order valence-corrected chi connectivity index (χ2v) is 8.34. The Labute approximate surface area is 171 Å². The highest BCUT2D eigenvalue weighted by Crippen LogP contribution is 2.23. The first-order chi connectivity index (χ1) is 14.0. The quantitative estimate of drug-likeness (QED) is 0.840. The van der Waals surface area contributed by atoms with Gasteiger partial charge in [0.25, 0.3) is 0 Å². The van der Waals surface area contributed by atoms with Crippen LogP contribution in [0.5, 0.6) is 0 Å². The summed E-state index contributed by atoms with van der Waals surface area (Å²) in [5.41, 5.74) is 1.75. The summed E-state index contributed by atoms with van der Waals surface area (Å²) in [6.07, 6.45) is 3.38. The molecule has 4 rings (SSSR count). The molecule has 2 saturated heterocycles. The molecule has 7 heteroatoms. The molecule has 0 radical (unpaired) electrons. The number of amides is 2. The average Bonchev–Trinajstić information content (AvgIpc) is 3.37. The number of nitrogens with zero attached hydrogens (tertiary/aromatic N) is 3. The van der Waals surface area contributed by atoms with Crippen molar-refractivity contribution in [3.63, 3.8) is 0 Å². The number of hydrogen-bond donors (Lipinski definition) is 1. The zero-order valence-corrected chi connectivity index (χ0v) is 17.3. The van der Waals surface area contributed by atoms with Crippen LogP contribution >= 0.6 is 0 Å². The Morgan fingerprint density at radius 2 is 2.00 bits per heavy atom. The van der Waals surface area contributed by atoms with Gasteiger partial charge in [-0.3, -0.25) is 9.59 Å². The van der Waals surface area contributed by atoms with Gasteiger partial charge in [0, 0.05) is 19.7 Å². The van der Waals surface area contributed by atoms with Crippen LogP contribution in [0.2, 0.25) is 0 Å². The average molecular weight is 399 g/mol. The number of benzene rings is 1. The fourth-order valence-corrected chi connectivity index (χ4v) is 4.24. The number of aromatic nitrogens is 2. The molecule has 156 valence electrons. The van der Waals surface area contributed by atoms with Crippen LogP contribution in [0.1, 0.15) is 51.4 Å². The van der Waals surface area contributed by atoms with E-state index in [2.05, 4.69) is 12.2 Å². The maximum absolute atomic E-state index is 13.0. The lowest BCUT2D eigenvalue weighted by Crippen LogP contribution is -2.40. The number of piperidine rings is 1. The molecule has 2 unspecified atom stereocenters. The molecule has 2 atom stereocenters. The number of likely N-dealkylation sites (tertiary alicyclic amines) is 1. The number of carbonyl (C=O) groups excluding carboxylic acids is 2. The monoisotopic (exact) mass is 398 g/mol. The summed E-state index contributed by atoms with van der Waals surface area (Å²) in [5.74, 6) is 1.39. The van der Waals surface area contributed by atoms with Gasteiger partial charge in [-0.2, -0.15) is 0 Å². The minimum absolute atomic E-state index is 0.107. The van der Waals surface area contributed by atoms with Crippen LogP contribution in [0.15, 0.2) is 24.3 Å². The highest BCUT2D eigenvalue weighted by Gasteiger charge is 2.28. The van der Waals surface area contributed by atoms with Crippen molar-refractivity contribution >= 4 is 22.8 Å². The van der Waals surface area contributed by atoms with E-state index in [9.17, 15) is 9.59 Å². The summed E-state index contributed by atoms with van der Waals surface area (Å²) in [6, 6.07) is 7.50. The Balaban J connectivity index is 1.55. The molecule has 3 heterocycles. The molecule has 0 spiro atoms. The molecule has 2 fully saturated rings. The SMILES string of the molecule is CC1CCN(C(=O)Cn2c(C(C)NC(=O)C3CCCO3)nc3ccccc32)CC1. The van der Waals surface area contributed by atoms with Crippen LogP contribution in [0.25, 0.3) is 11.0 Å². The van der Waals surface area contributed by atoms with Gasteiger partial charge in [0.1, 0.15) is 18.5 Å². The molecule has 2 aromatic rings. The number of imidazole rings is 1. The molecule has 0 bridgehead atoms. The van der Waals surface area contributed by atoms with Crippen molar-refractivity contribution < 1.29 is 14.3 Å². The van der Waals surface area contributed by atoms with Crippen LogP contribution in [0.3, 0.4) is 0 Å². The maximum Gasteiger partial charge on any atom is 0.249 e. The lowest BCUT2D eigenvalue weighted by Gasteiger charge is -2.30. The van der Waals surface area contributed by atoms with E-state index in [4.69, 9.17) is 9.72 Å². The fourth-order valence-electron chi connectivity index (χ4n) is 4.24. The minimum Gasteiger partial charge on any atom is -0.368 e. The fraction of sp³-hybridized carbons (Fsp3) is 0.591. The molecule has 1 aromatic carbocycles. The normalized spacial score (nSPS) is 21.4. The second-order valence-electron chi connectivity index (χ2n) is 8.34. The van der Waals surface area contributed by atoms with Gasteiger partial charge < -0.3 is 19.5 Å². The summed E-state index contributed by atoms with van der Waals surface area (Å²) < 4.78 is 7.45. The Hall–Kier alpha value is -2.41. The van der Waals surface area contributed by atoms with Crippen molar-refractivity contribution in [3.8, 4) is 0 Å².